The molecule has 1 saturated carbocycles. The summed E-state index contributed by atoms with van der Waals surface area (Å²) in [6, 6.07) is 5.58. The minimum atomic E-state index is -4.41. The van der Waals surface area contributed by atoms with E-state index in [-0.39, 0.29) is 23.9 Å². The van der Waals surface area contributed by atoms with Crippen LogP contribution in [0.3, 0.4) is 0 Å². The van der Waals surface area contributed by atoms with Gasteiger partial charge in [-0.15, -0.1) is 0 Å². The van der Waals surface area contributed by atoms with Gasteiger partial charge in [-0.1, -0.05) is 31.0 Å². The van der Waals surface area contributed by atoms with E-state index in [4.69, 9.17) is 0 Å². The van der Waals surface area contributed by atoms with E-state index in [2.05, 4.69) is 4.98 Å². The summed E-state index contributed by atoms with van der Waals surface area (Å²) in [7, 11) is 3.90. The van der Waals surface area contributed by atoms with Crippen LogP contribution >= 0.6 is 0 Å². The summed E-state index contributed by atoms with van der Waals surface area (Å²) >= 11 is 0. The fourth-order valence-electron chi connectivity index (χ4n) is 3.94. The molecule has 0 bridgehead atoms. The Labute approximate surface area is 175 Å². The minimum Gasteiger partial charge on any atom is -0.334 e. The number of halogens is 3. The average molecular weight is 422 g/mol. The molecule has 0 radical (unpaired) electrons. The number of imidazole rings is 1. The Bertz CT molecular complexity index is 841. The third-order valence-electron chi connectivity index (χ3n) is 5.63. The number of carbonyl (C=O) groups excluding carboxylic acids is 1. The molecule has 1 aromatic carbocycles. The van der Waals surface area contributed by atoms with E-state index in [9.17, 15) is 18.0 Å². The van der Waals surface area contributed by atoms with Crippen molar-refractivity contribution in [3.8, 4) is 0 Å². The van der Waals surface area contributed by atoms with E-state index in [0.717, 1.165) is 38.3 Å². The number of carbonyl (C=O) groups is 1. The second-order valence-electron chi connectivity index (χ2n) is 8.17. The van der Waals surface area contributed by atoms with Crippen LogP contribution in [0.15, 0.2) is 36.7 Å². The Balaban J connectivity index is 1.79. The molecule has 1 heterocycles. The lowest BCUT2D eigenvalue weighted by molar-refractivity contribution is -0.138. The summed E-state index contributed by atoms with van der Waals surface area (Å²) in [6.45, 7) is 1.64. The van der Waals surface area contributed by atoms with Crippen molar-refractivity contribution < 1.29 is 18.0 Å². The maximum absolute atomic E-state index is 13.4. The van der Waals surface area contributed by atoms with Crippen LogP contribution in [-0.2, 0) is 24.1 Å². The molecule has 0 unspecified atom stereocenters. The normalized spacial score (nSPS) is 15.1. The highest BCUT2D eigenvalue weighted by Gasteiger charge is 2.33. The van der Waals surface area contributed by atoms with Crippen molar-refractivity contribution in [2.45, 2.75) is 44.9 Å². The van der Waals surface area contributed by atoms with E-state index in [1.54, 1.807) is 23.0 Å². The monoisotopic (exact) mass is 422 g/mol. The predicted molar refractivity (Wildman–Crippen MR) is 109 cm³/mol. The molecule has 1 aliphatic carbocycles. The first-order valence-electron chi connectivity index (χ1n) is 10.3. The number of nitrogens with zero attached hydrogens (tertiary/aromatic N) is 4. The summed E-state index contributed by atoms with van der Waals surface area (Å²) < 4.78 is 41.8. The molecule has 8 heteroatoms. The summed E-state index contributed by atoms with van der Waals surface area (Å²) in [4.78, 5) is 21.2. The summed E-state index contributed by atoms with van der Waals surface area (Å²) in [5, 5.41) is 0. The topological polar surface area (TPSA) is 41.4 Å². The highest BCUT2D eigenvalue weighted by molar-refractivity contribution is 5.79. The van der Waals surface area contributed by atoms with Crippen molar-refractivity contribution in [2.75, 3.05) is 27.2 Å². The number of hydrogen-bond donors (Lipinski definition) is 0. The van der Waals surface area contributed by atoms with Crippen molar-refractivity contribution in [2.24, 2.45) is 5.92 Å². The first-order valence-corrected chi connectivity index (χ1v) is 10.3. The average Bonchev–Trinajstić information content (AvgIpc) is 3.36. The molecular weight excluding hydrogens is 393 g/mol. The maximum Gasteiger partial charge on any atom is 0.416 e. The molecule has 0 aliphatic heterocycles. The van der Waals surface area contributed by atoms with Crippen molar-refractivity contribution in [3.05, 3.63) is 53.6 Å². The molecule has 0 saturated heterocycles. The zero-order chi connectivity index (χ0) is 21.7. The van der Waals surface area contributed by atoms with Crippen LogP contribution in [0.25, 0.3) is 0 Å². The summed E-state index contributed by atoms with van der Waals surface area (Å²) in [5.74, 6) is 0.762. The minimum absolute atomic E-state index is 0.0431. The molecule has 0 spiro atoms. The van der Waals surface area contributed by atoms with Crippen LogP contribution in [0.2, 0.25) is 0 Å². The van der Waals surface area contributed by atoms with Crippen LogP contribution in [0.1, 0.15) is 42.6 Å². The van der Waals surface area contributed by atoms with E-state index in [0.29, 0.717) is 18.9 Å². The van der Waals surface area contributed by atoms with Gasteiger partial charge in [0.05, 0.1) is 12.1 Å². The van der Waals surface area contributed by atoms with Crippen molar-refractivity contribution in [1.82, 2.24) is 19.4 Å². The quantitative estimate of drug-likeness (QED) is 0.645. The lowest BCUT2D eigenvalue weighted by atomic mass is 10.1. The molecule has 1 aliphatic rings. The first-order chi connectivity index (χ1) is 14.3. The fourth-order valence-corrected chi connectivity index (χ4v) is 3.94. The van der Waals surface area contributed by atoms with Crippen LogP contribution in [0, 0.1) is 5.92 Å². The zero-order valence-electron chi connectivity index (χ0n) is 17.5. The van der Waals surface area contributed by atoms with Gasteiger partial charge in [-0.2, -0.15) is 13.2 Å². The Morgan fingerprint density at radius 2 is 1.87 bits per heavy atom. The molecular formula is C22H29F3N4O. The molecule has 0 atom stereocenters. The number of likely N-dealkylation sites (N-methyl/N-ethyl adjacent to an activating group) is 1. The van der Waals surface area contributed by atoms with Crippen LogP contribution in [0.5, 0.6) is 0 Å². The summed E-state index contributed by atoms with van der Waals surface area (Å²) in [5.41, 5.74) is -0.456. The Hall–Kier alpha value is -2.35. The Morgan fingerprint density at radius 1 is 1.17 bits per heavy atom. The second kappa shape index (κ2) is 9.64. The SMILES string of the molecule is CN(C)CCN(Cc1nccn1Cc1ccccc1C(F)(F)F)C(=O)C1CCCC1. The van der Waals surface area contributed by atoms with Crippen molar-refractivity contribution in [3.63, 3.8) is 0 Å². The lowest BCUT2D eigenvalue weighted by Crippen LogP contribution is -2.39. The van der Waals surface area contributed by atoms with Gasteiger partial charge in [-0.25, -0.2) is 4.98 Å². The van der Waals surface area contributed by atoms with Crippen LogP contribution < -0.4 is 0 Å². The van der Waals surface area contributed by atoms with Crippen LogP contribution in [0.4, 0.5) is 13.2 Å². The zero-order valence-corrected chi connectivity index (χ0v) is 17.5. The molecule has 30 heavy (non-hydrogen) atoms. The van der Waals surface area contributed by atoms with Gasteiger partial charge in [0, 0.05) is 37.9 Å². The van der Waals surface area contributed by atoms with Gasteiger partial charge >= 0.3 is 6.18 Å². The van der Waals surface area contributed by atoms with Crippen molar-refractivity contribution in [1.29, 1.82) is 0 Å². The van der Waals surface area contributed by atoms with Gasteiger partial charge in [0.1, 0.15) is 5.82 Å². The van der Waals surface area contributed by atoms with Gasteiger partial charge in [-0.05, 0) is 38.6 Å². The Kier molecular flexibility index (Phi) is 7.18. The molecule has 0 N–H and O–H groups in total. The predicted octanol–water partition coefficient (Wildman–Crippen LogP) is 4.03. The number of aromatic nitrogens is 2. The van der Waals surface area contributed by atoms with Gasteiger partial charge in [0.2, 0.25) is 5.91 Å². The third-order valence-corrected chi connectivity index (χ3v) is 5.63. The van der Waals surface area contributed by atoms with Gasteiger partial charge in [0.25, 0.3) is 0 Å². The fraction of sp³-hybridized carbons (Fsp3) is 0.545. The highest BCUT2D eigenvalue weighted by atomic mass is 19.4. The van der Waals surface area contributed by atoms with E-state index < -0.39 is 11.7 Å². The maximum atomic E-state index is 13.4. The highest BCUT2D eigenvalue weighted by Crippen LogP contribution is 2.32. The number of alkyl halides is 3. The molecule has 1 aromatic heterocycles. The van der Waals surface area contributed by atoms with E-state index in [1.165, 1.54) is 12.1 Å². The molecule has 1 fully saturated rings. The molecule has 1 amide bonds. The Morgan fingerprint density at radius 3 is 2.53 bits per heavy atom. The van der Waals surface area contributed by atoms with Crippen molar-refractivity contribution >= 4 is 5.91 Å². The third kappa shape index (κ3) is 5.62. The van der Waals surface area contributed by atoms with E-state index in [1.807, 2.05) is 23.9 Å². The van der Waals surface area contributed by atoms with E-state index >= 15 is 0 Å². The first kappa shape index (κ1) is 22.3. The molecule has 5 nitrogen and oxygen atoms in total. The number of hydrogen-bond acceptors (Lipinski definition) is 3. The van der Waals surface area contributed by atoms with Gasteiger partial charge in [-0.3, -0.25) is 4.79 Å². The van der Waals surface area contributed by atoms with Crippen LogP contribution in [-0.4, -0.2) is 52.4 Å². The smallest absolute Gasteiger partial charge is 0.334 e. The van der Waals surface area contributed by atoms with Gasteiger partial charge < -0.3 is 14.4 Å². The number of rotatable bonds is 8. The number of amides is 1. The second-order valence-corrected chi connectivity index (χ2v) is 8.17. The lowest BCUT2D eigenvalue weighted by Gasteiger charge is -2.27. The molecule has 2 aromatic rings. The standard InChI is InChI=1S/C22H29F3N4O/c1-27(2)13-14-29(21(30)17-7-3-4-8-17)16-20-26-11-12-28(20)15-18-9-5-6-10-19(18)22(23,24)25/h5-6,9-12,17H,3-4,7-8,13-16H2,1-2H3. The molecule has 3 rings (SSSR count). The number of benzene rings is 1. The largest absolute Gasteiger partial charge is 0.416 e. The molecule has 164 valence electrons. The van der Waals surface area contributed by atoms with Gasteiger partial charge in [0.15, 0.2) is 0 Å². The summed E-state index contributed by atoms with van der Waals surface area (Å²) in [6.07, 6.45) is 2.80.